The molecule has 5 rings (SSSR count). The van der Waals surface area contributed by atoms with Crippen molar-refractivity contribution in [2.45, 2.75) is 42.7 Å². The molecule has 0 saturated carbocycles. The van der Waals surface area contributed by atoms with Gasteiger partial charge in [0.2, 0.25) is 10.0 Å². The van der Waals surface area contributed by atoms with Crippen LogP contribution in [0, 0.1) is 6.92 Å². The van der Waals surface area contributed by atoms with E-state index in [2.05, 4.69) is 39.1 Å². The van der Waals surface area contributed by atoms with E-state index in [9.17, 15) is 13.5 Å². The van der Waals surface area contributed by atoms with Gasteiger partial charge < -0.3 is 5.11 Å². The third kappa shape index (κ3) is 4.15. The van der Waals surface area contributed by atoms with E-state index < -0.39 is 10.0 Å². The van der Waals surface area contributed by atoms with Crippen LogP contribution in [-0.2, 0) is 10.0 Å². The molecule has 0 amide bonds. The molecule has 3 aromatic rings. The van der Waals surface area contributed by atoms with Gasteiger partial charge in [0.1, 0.15) is 6.33 Å². The Kier molecular flexibility index (Phi) is 6.48. The van der Waals surface area contributed by atoms with Crippen molar-refractivity contribution in [1.29, 1.82) is 0 Å². The number of nitrogens with zero attached hydrogens (tertiary/aromatic N) is 4. The Morgan fingerprint density at radius 1 is 0.971 bits per heavy atom. The van der Waals surface area contributed by atoms with Gasteiger partial charge in [0.05, 0.1) is 11.5 Å². The van der Waals surface area contributed by atoms with Crippen LogP contribution in [0.25, 0.3) is 11.1 Å². The summed E-state index contributed by atoms with van der Waals surface area (Å²) in [7, 11) is -3.60. The van der Waals surface area contributed by atoms with Crippen molar-refractivity contribution < 1.29 is 13.5 Å². The van der Waals surface area contributed by atoms with Gasteiger partial charge in [-0.1, -0.05) is 42.5 Å². The van der Waals surface area contributed by atoms with Gasteiger partial charge in [-0.3, -0.25) is 4.90 Å². The topological polar surface area (TPSA) is 86.6 Å². The standard InChI is InChI=1S/C26H30N4O3S/c1-19-6-2-3-7-25(19)34(32,33)29-12-4-5-13-30-23(16-29)26(24(30)17-31)21-10-8-20(9-11-21)22-14-27-18-28-15-22/h2-3,6-11,14-15,18,23-24,26,31H,4-5,12-13,16-17H2,1H3/t23-,24+,26-/m1/s1. The SMILES string of the molecule is Cc1ccccc1S(=O)(=O)N1CCCCN2[C@H](C1)[C@@H](c1ccc(-c3cncnc3)cc1)[C@@H]2CO. The Balaban J connectivity index is 1.44. The molecule has 178 valence electrons. The van der Waals surface area contributed by atoms with Gasteiger partial charge in [0.15, 0.2) is 0 Å². The zero-order valence-corrected chi connectivity index (χ0v) is 20.1. The van der Waals surface area contributed by atoms with Crippen LogP contribution < -0.4 is 0 Å². The molecule has 1 N–H and O–H groups in total. The monoisotopic (exact) mass is 478 g/mol. The normalized spacial score (nSPS) is 24.0. The van der Waals surface area contributed by atoms with Crippen LogP contribution >= 0.6 is 0 Å². The summed E-state index contributed by atoms with van der Waals surface area (Å²) in [5.74, 6) is 0.0683. The molecule has 1 aromatic heterocycles. The van der Waals surface area contributed by atoms with E-state index >= 15 is 0 Å². The second-order valence-electron chi connectivity index (χ2n) is 9.17. The van der Waals surface area contributed by atoms with Crippen molar-refractivity contribution in [2.24, 2.45) is 0 Å². The Morgan fingerprint density at radius 2 is 1.68 bits per heavy atom. The van der Waals surface area contributed by atoms with Crippen molar-refractivity contribution in [3.63, 3.8) is 0 Å². The number of benzene rings is 2. The van der Waals surface area contributed by atoms with Gasteiger partial charge in [0, 0.05) is 49.0 Å². The average Bonchev–Trinajstić information content (AvgIpc) is 2.84. The lowest BCUT2D eigenvalue weighted by atomic mass is 9.74. The van der Waals surface area contributed by atoms with Crippen LogP contribution in [0.5, 0.6) is 0 Å². The van der Waals surface area contributed by atoms with Crippen molar-refractivity contribution in [3.05, 3.63) is 78.4 Å². The Morgan fingerprint density at radius 3 is 2.38 bits per heavy atom. The van der Waals surface area contributed by atoms with Crippen LogP contribution in [0.15, 0.2) is 72.1 Å². The fraction of sp³-hybridized carbons (Fsp3) is 0.385. The van der Waals surface area contributed by atoms with E-state index in [-0.39, 0.29) is 24.6 Å². The second-order valence-corrected chi connectivity index (χ2v) is 11.1. The number of hydrogen-bond acceptors (Lipinski definition) is 6. The van der Waals surface area contributed by atoms with Crippen LogP contribution in [0.1, 0.15) is 29.9 Å². The minimum Gasteiger partial charge on any atom is -0.395 e. The van der Waals surface area contributed by atoms with Crippen LogP contribution in [-0.4, -0.2) is 71.0 Å². The number of rotatable bonds is 5. The maximum absolute atomic E-state index is 13.6. The smallest absolute Gasteiger partial charge is 0.243 e. The van der Waals surface area contributed by atoms with Crippen LogP contribution in [0.2, 0.25) is 0 Å². The lowest BCUT2D eigenvalue weighted by molar-refractivity contribution is -0.0553. The first-order valence-electron chi connectivity index (χ1n) is 11.8. The summed E-state index contributed by atoms with van der Waals surface area (Å²) in [6, 6.07) is 15.5. The highest BCUT2D eigenvalue weighted by atomic mass is 32.2. The highest BCUT2D eigenvalue weighted by Crippen LogP contribution is 2.43. The molecule has 2 fully saturated rings. The molecule has 0 bridgehead atoms. The molecule has 0 unspecified atom stereocenters. The molecular formula is C26H30N4O3S. The molecular weight excluding hydrogens is 448 g/mol. The number of aliphatic hydroxyl groups excluding tert-OH is 1. The average molecular weight is 479 g/mol. The zero-order chi connectivity index (χ0) is 23.7. The van der Waals surface area contributed by atoms with Crippen LogP contribution in [0.4, 0.5) is 0 Å². The number of sulfonamides is 1. The maximum Gasteiger partial charge on any atom is 0.243 e. The van der Waals surface area contributed by atoms with Crippen molar-refractivity contribution in [3.8, 4) is 11.1 Å². The van der Waals surface area contributed by atoms with Gasteiger partial charge in [-0.2, -0.15) is 4.31 Å². The predicted octanol–water partition coefficient (Wildman–Crippen LogP) is 3.07. The number of fused-ring (bicyclic) bond motifs is 1. The second kappa shape index (κ2) is 9.54. The minimum atomic E-state index is -3.60. The first-order valence-corrected chi connectivity index (χ1v) is 13.2. The number of hydrogen-bond donors (Lipinski definition) is 1. The van der Waals surface area contributed by atoms with E-state index in [0.29, 0.717) is 18.0 Å². The van der Waals surface area contributed by atoms with Crippen molar-refractivity contribution >= 4 is 10.0 Å². The maximum atomic E-state index is 13.6. The molecule has 7 nitrogen and oxygen atoms in total. The molecule has 2 aliphatic rings. The van der Waals surface area contributed by atoms with Gasteiger partial charge in [0.25, 0.3) is 0 Å². The third-order valence-corrected chi connectivity index (χ3v) is 9.26. The highest BCUT2D eigenvalue weighted by Gasteiger charge is 2.50. The first kappa shape index (κ1) is 23.1. The van der Waals surface area contributed by atoms with Crippen LogP contribution in [0.3, 0.4) is 0 Å². The number of aryl methyl sites for hydroxylation is 1. The largest absolute Gasteiger partial charge is 0.395 e. The summed E-state index contributed by atoms with van der Waals surface area (Å²) < 4.78 is 28.8. The molecule has 2 aliphatic heterocycles. The summed E-state index contributed by atoms with van der Waals surface area (Å²) in [6.45, 7) is 3.72. The molecule has 34 heavy (non-hydrogen) atoms. The quantitative estimate of drug-likeness (QED) is 0.607. The third-order valence-electron chi connectivity index (χ3n) is 7.23. The Labute approximate surface area is 201 Å². The van der Waals surface area contributed by atoms with Gasteiger partial charge in [-0.05, 0) is 49.1 Å². The molecule has 2 saturated heterocycles. The summed E-state index contributed by atoms with van der Waals surface area (Å²) in [5, 5.41) is 10.2. The van der Waals surface area contributed by atoms with E-state index in [0.717, 1.165) is 41.6 Å². The fourth-order valence-electron chi connectivity index (χ4n) is 5.46. The summed E-state index contributed by atoms with van der Waals surface area (Å²) in [4.78, 5) is 10.9. The molecule has 0 spiro atoms. The number of aromatic nitrogens is 2. The predicted molar refractivity (Wildman–Crippen MR) is 131 cm³/mol. The Hall–Kier alpha value is -2.65. The zero-order valence-electron chi connectivity index (χ0n) is 19.3. The van der Waals surface area contributed by atoms with Crippen molar-refractivity contribution in [1.82, 2.24) is 19.2 Å². The summed E-state index contributed by atoms with van der Waals surface area (Å²) >= 11 is 0. The molecule has 0 aliphatic carbocycles. The fourth-order valence-corrected chi connectivity index (χ4v) is 7.18. The lowest BCUT2D eigenvalue weighted by Crippen LogP contribution is -2.67. The highest BCUT2D eigenvalue weighted by molar-refractivity contribution is 7.89. The van der Waals surface area contributed by atoms with Gasteiger partial charge >= 0.3 is 0 Å². The summed E-state index contributed by atoms with van der Waals surface area (Å²) in [5.41, 5.74) is 3.86. The number of aliphatic hydroxyl groups is 1. The molecule has 8 heteroatoms. The molecule has 2 aromatic carbocycles. The van der Waals surface area contributed by atoms with E-state index in [1.807, 2.05) is 19.1 Å². The Bertz CT molecular complexity index is 1230. The first-order chi connectivity index (χ1) is 16.5. The molecule has 3 atom stereocenters. The van der Waals surface area contributed by atoms with E-state index in [4.69, 9.17) is 0 Å². The molecule has 0 radical (unpaired) electrons. The minimum absolute atomic E-state index is 0.00276. The van der Waals surface area contributed by atoms with Gasteiger partial charge in [-0.25, -0.2) is 18.4 Å². The van der Waals surface area contributed by atoms with Crippen molar-refractivity contribution in [2.75, 3.05) is 26.2 Å². The van der Waals surface area contributed by atoms with E-state index in [1.165, 1.54) is 6.33 Å². The lowest BCUT2D eigenvalue weighted by Gasteiger charge is -2.57. The molecule has 3 heterocycles. The van der Waals surface area contributed by atoms with E-state index in [1.54, 1.807) is 28.8 Å². The summed E-state index contributed by atoms with van der Waals surface area (Å²) in [6.07, 6.45) is 6.80. The van der Waals surface area contributed by atoms with Gasteiger partial charge in [-0.15, -0.1) is 0 Å².